The second-order valence-electron chi connectivity index (χ2n) is 2.57. The molecule has 17 heavy (non-hydrogen) atoms. The van der Waals surface area contributed by atoms with E-state index < -0.39 is 0 Å². The zero-order valence-corrected chi connectivity index (χ0v) is 14.6. The van der Waals surface area contributed by atoms with Gasteiger partial charge in [0.25, 0.3) is 0 Å². The third-order valence-corrected chi connectivity index (χ3v) is 1.34. The molecule has 104 valence electrons. The van der Waals surface area contributed by atoms with Crippen LogP contribution >= 0.6 is 0 Å². The summed E-state index contributed by atoms with van der Waals surface area (Å²) in [5.74, 6) is 0. The van der Waals surface area contributed by atoms with Crippen LogP contribution in [0.15, 0.2) is 0 Å². The fraction of sp³-hybridized carbons (Fsp3) is 0.923. The van der Waals surface area contributed by atoms with Crippen molar-refractivity contribution in [2.45, 2.75) is 41.5 Å². The summed E-state index contributed by atoms with van der Waals surface area (Å²) >= 11 is 0. The third-order valence-electron chi connectivity index (χ3n) is 1.34. The van der Waals surface area contributed by atoms with Crippen molar-refractivity contribution >= 4 is 0 Å². The molecule has 0 aliphatic rings. The van der Waals surface area contributed by atoms with Crippen LogP contribution in [-0.2, 0) is 21.7 Å². The van der Waals surface area contributed by atoms with Crippen molar-refractivity contribution in [1.29, 1.82) is 0 Å². The first kappa shape index (κ1) is 30.5. The second kappa shape index (κ2) is 43.8. The van der Waals surface area contributed by atoms with E-state index in [1.54, 1.807) is 0 Å². The summed E-state index contributed by atoms with van der Waals surface area (Å²) in [6, 6.07) is 0. The van der Waals surface area contributed by atoms with E-state index in [9.17, 15) is 0 Å². The summed E-state index contributed by atoms with van der Waals surface area (Å²) < 4.78 is 0. The van der Waals surface area contributed by atoms with Crippen LogP contribution in [0.5, 0.6) is 0 Å². The van der Waals surface area contributed by atoms with Gasteiger partial charge < -0.3 is 23.4 Å². The molecular formula is C13H33N3Ti. The summed E-state index contributed by atoms with van der Waals surface area (Å²) in [6.45, 7) is 18.1. The van der Waals surface area contributed by atoms with Gasteiger partial charge in [0.2, 0.25) is 0 Å². The van der Waals surface area contributed by atoms with Crippen LogP contribution in [0.2, 0.25) is 0 Å². The van der Waals surface area contributed by atoms with E-state index in [2.05, 4.69) is 16.0 Å². The molecule has 0 heterocycles. The van der Waals surface area contributed by atoms with Crippen molar-refractivity contribution in [3.05, 3.63) is 23.4 Å². The molecule has 0 fully saturated rings. The second-order valence-corrected chi connectivity index (χ2v) is 2.57. The van der Waals surface area contributed by atoms with Crippen molar-refractivity contribution < 1.29 is 21.7 Å². The van der Waals surface area contributed by atoms with Crippen molar-refractivity contribution in [3.8, 4) is 0 Å². The van der Waals surface area contributed by atoms with E-state index in [0.717, 1.165) is 39.3 Å². The van der Waals surface area contributed by atoms with Crippen LogP contribution in [0.4, 0.5) is 0 Å². The minimum Gasteiger partial charge on any atom is -0.663 e. The predicted octanol–water partition coefficient (Wildman–Crippen LogP) is 4.65. The molecule has 0 unspecified atom stereocenters. The first-order chi connectivity index (χ1) is 7.24. The quantitative estimate of drug-likeness (QED) is 0.502. The maximum atomic E-state index is 3.97. The molecule has 0 saturated heterocycles. The monoisotopic (exact) mass is 279 g/mol. The van der Waals surface area contributed by atoms with Gasteiger partial charge in [-0.1, -0.05) is 41.5 Å². The Bertz CT molecular complexity index is 53.4. The van der Waals surface area contributed by atoms with E-state index in [1.165, 1.54) is 0 Å². The summed E-state index contributed by atoms with van der Waals surface area (Å²) in [5.41, 5.74) is 0. The average Bonchev–Trinajstić information content (AvgIpc) is 2.23. The summed E-state index contributed by atoms with van der Waals surface area (Å²) in [6.07, 6.45) is 0. The Kier molecular flexibility index (Phi) is 78.8. The van der Waals surface area contributed by atoms with Gasteiger partial charge in [-0.25, -0.2) is 0 Å². The van der Waals surface area contributed by atoms with Gasteiger partial charge in [-0.2, -0.15) is 39.3 Å². The molecule has 0 atom stereocenters. The molecule has 0 spiro atoms. The maximum absolute atomic E-state index is 3.97. The third kappa shape index (κ3) is 81.3. The summed E-state index contributed by atoms with van der Waals surface area (Å²) in [4.78, 5) is 0. The van der Waals surface area contributed by atoms with Crippen LogP contribution in [0.3, 0.4) is 0 Å². The van der Waals surface area contributed by atoms with Gasteiger partial charge in [0, 0.05) is 0 Å². The van der Waals surface area contributed by atoms with Gasteiger partial charge in [-0.3, -0.25) is 0 Å². The molecule has 0 aromatic rings. The minimum absolute atomic E-state index is 0. The zero-order valence-electron chi connectivity index (χ0n) is 13.1. The Morgan fingerprint density at radius 1 is 0.471 bits per heavy atom. The van der Waals surface area contributed by atoms with Crippen LogP contribution in [-0.4, -0.2) is 39.3 Å². The van der Waals surface area contributed by atoms with Gasteiger partial charge in [0.05, 0.1) is 0 Å². The van der Waals surface area contributed by atoms with E-state index in [4.69, 9.17) is 0 Å². The molecule has 0 saturated carbocycles. The first-order valence-corrected chi connectivity index (χ1v) is 6.14. The Labute approximate surface area is 126 Å². The molecule has 0 rings (SSSR count). The van der Waals surface area contributed by atoms with Crippen LogP contribution in [0, 0.1) is 7.43 Å². The number of hydrogen-bond acceptors (Lipinski definition) is 0. The molecule has 0 radical (unpaired) electrons. The molecule has 0 aliphatic heterocycles. The van der Waals surface area contributed by atoms with E-state index >= 15 is 0 Å². The zero-order chi connectivity index (χ0) is 12.4. The molecule has 0 amide bonds. The molecule has 3 nitrogen and oxygen atoms in total. The predicted molar refractivity (Wildman–Crippen MR) is 79.7 cm³/mol. The van der Waals surface area contributed by atoms with Crippen LogP contribution < -0.4 is 0 Å². The fourth-order valence-electron chi connectivity index (χ4n) is 0.671. The van der Waals surface area contributed by atoms with Gasteiger partial charge in [-0.15, -0.1) is 0 Å². The fourth-order valence-corrected chi connectivity index (χ4v) is 0.671. The van der Waals surface area contributed by atoms with Gasteiger partial charge in [-0.05, 0) is 0 Å². The Hall–Kier alpha value is 0.594. The van der Waals surface area contributed by atoms with Crippen LogP contribution in [0.25, 0.3) is 16.0 Å². The normalized spacial score (nSPS) is 7.41. The van der Waals surface area contributed by atoms with Gasteiger partial charge >= 0.3 is 21.7 Å². The number of nitrogens with zero attached hydrogens (tertiary/aromatic N) is 3. The minimum atomic E-state index is 0. The molecule has 0 bridgehead atoms. The molecule has 0 aliphatic carbocycles. The smallest absolute Gasteiger partial charge is 0.663 e. The topological polar surface area (TPSA) is 42.3 Å². The standard InChI is InChI=1S/3C4H10N.CH3.Ti/c3*1-3-5-4-2;;/h3*3-4H2,1-2H3;1H3;/q4*-1;+4. The summed E-state index contributed by atoms with van der Waals surface area (Å²) in [7, 11) is 0. The first-order valence-electron chi connectivity index (χ1n) is 6.14. The Morgan fingerprint density at radius 2 is 0.588 bits per heavy atom. The Morgan fingerprint density at radius 3 is 0.588 bits per heavy atom. The van der Waals surface area contributed by atoms with E-state index in [1.807, 2.05) is 41.5 Å². The largest absolute Gasteiger partial charge is 4.00 e. The van der Waals surface area contributed by atoms with Crippen molar-refractivity contribution in [1.82, 2.24) is 0 Å². The molecule has 0 aromatic carbocycles. The number of hydrogen-bond donors (Lipinski definition) is 0. The van der Waals surface area contributed by atoms with Gasteiger partial charge in [0.1, 0.15) is 0 Å². The molecule has 4 heteroatoms. The van der Waals surface area contributed by atoms with Crippen LogP contribution in [0.1, 0.15) is 41.5 Å². The van der Waals surface area contributed by atoms with E-state index in [-0.39, 0.29) is 29.1 Å². The van der Waals surface area contributed by atoms with Crippen molar-refractivity contribution in [2.24, 2.45) is 0 Å². The van der Waals surface area contributed by atoms with Gasteiger partial charge in [0.15, 0.2) is 0 Å². The Balaban J connectivity index is -0.0000000400. The average molecular weight is 279 g/mol. The summed E-state index contributed by atoms with van der Waals surface area (Å²) in [5, 5.41) is 11.9. The van der Waals surface area contributed by atoms with E-state index in [0.29, 0.717) is 0 Å². The number of rotatable bonds is 6. The maximum Gasteiger partial charge on any atom is 4.00 e. The SMILES string of the molecule is CC[N-]CC.CC[N-]CC.CC[N-]CC.[CH3-].[Ti+4]. The molecule has 0 N–H and O–H groups in total. The molecular weight excluding hydrogens is 246 g/mol. The van der Waals surface area contributed by atoms with Crippen molar-refractivity contribution in [3.63, 3.8) is 0 Å². The molecule has 0 aromatic heterocycles. The van der Waals surface area contributed by atoms with Crippen molar-refractivity contribution in [2.75, 3.05) is 39.3 Å².